The van der Waals surface area contributed by atoms with Crippen LogP contribution in [-0.2, 0) is 6.54 Å². The van der Waals surface area contributed by atoms with Crippen molar-refractivity contribution in [1.29, 1.82) is 0 Å². The van der Waals surface area contributed by atoms with E-state index < -0.39 is 0 Å². The highest BCUT2D eigenvalue weighted by atomic mass is 35.5. The van der Waals surface area contributed by atoms with Crippen LogP contribution < -0.4 is 14.8 Å². The topological polar surface area (TPSA) is 30.5 Å². The maximum Gasteiger partial charge on any atom is 0.127 e. The van der Waals surface area contributed by atoms with Gasteiger partial charge in [-0.25, -0.2) is 0 Å². The molecule has 1 aromatic rings. The van der Waals surface area contributed by atoms with Gasteiger partial charge in [0.2, 0.25) is 0 Å². The Bertz CT molecular complexity index is 332. The van der Waals surface area contributed by atoms with Gasteiger partial charge in [-0.3, -0.25) is 0 Å². The highest BCUT2D eigenvalue weighted by molar-refractivity contribution is 5.85. The maximum atomic E-state index is 5.35. The molecule has 4 heteroatoms. The summed E-state index contributed by atoms with van der Waals surface area (Å²) in [5.41, 5.74) is 1.17. The van der Waals surface area contributed by atoms with Crippen molar-refractivity contribution in [1.82, 2.24) is 5.32 Å². The van der Waals surface area contributed by atoms with Crippen molar-refractivity contribution in [3.05, 3.63) is 23.8 Å². The molecule has 18 heavy (non-hydrogen) atoms. The summed E-state index contributed by atoms with van der Waals surface area (Å²) in [4.78, 5) is 0. The highest BCUT2D eigenvalue weighted by Crippen LogP contribution is 2.24. The maximum absolute atomic E-state index is 5.35. The lowest BCUT2D eigenvalue weighted by molar-refractivity contribution is 0.389. The van der Waals surface area contributed by atoms with Gasteiger partial charge in [0.05, 0.1) is 14.2 Å². The molecule has 1 rings (SSSR count). The molecule has 0 saturated heterocycles. The third-order valence-corrected chi connectivity index (χ3v) is 2.77. The van der Waals surface area contributed by atoms with E-state index in [1.54, 1.807) is 14.2 Å². The van der Waals surface area contributed by atoms with Crippen LogP contribution >= 0.6 is 12.4 Å². The number of halogens is 1. The van der Waals surface area contributed by atoms with Crippen LogP contribution in [0.5, 0.6) is 11.5 Å². The molecular formula is C14H24ClNO2. The Hall–Kier alpha value is -0.930. The Balaban J connectivity index is 0.00000289. The second-order valence-electron chi connectivity index (χ2n) is 4.06. The standard InChI is InChI=1S/C14H23NO2.ClH/c1-4-5-6-9-15-11-12-7-8-13(16-2)10-14(12)17-3;/h7-8,10,15H,4-6,9,11H2,1-3H3;1H. The van der Waals surface area contributed by atoms with Crippen molar-refractivity contribution in [2.24, 2.45) is 0 Å². The van der Waals surface area contributed by atoms with Crippen LogP contribution in [0.3, 0.4) is 0 Å². The Labute approximate surface area is 116 Å². The third kappa shape index (κ3) is 5.61. The molecule has 0 amide bonds. The fourth-order valence-electron chi connectivity index (χ4n) is 1.72. The monoisotopic (exact) mass is 273 g/mol. The van der Waals surface area contributed by atoms with Crippen molar-refractivity contribution in [3.63, 3.8) is 0 Å². The molecule has 0 aliphatic heterocycles. The van der Waals surface area contributed by atoms with Gasteiger partial charge in [-0.15, -0.1) is 12.4 Å². The summed E-state index contributed by atoms with van der Waals surface area (Å²) in [7, 11) is 3.35. The van der Waals surface area contributed by atoms with E-state index in [9.17, 15) is 0 Å². The van der Waals surface area contributed by atoms with E-state index >= 15 is 0 Å². The second kappa shape index (κ2) is 10.0. The van der Waals surface area contributed by atoms with Gasteiger partial charge in [-0.2, -0.15) is 0 Å². The van der Waals surface area contributed by atoms with Gasteiger partial charge in [0.1, 0.15) is 11.5 Å². The lowest BCUT2D eigenvalue weighted by Gasteiger charge is -2.11. The molecule has 0 bridgehead atoms. The van der Waals surface area contributed by atoms with Gasteiger partial charge in [0.15, 0.2) is 0 Å². The molecule has 0 atom stereocenters. The van der Waals surface area contributed by atoms with E-state index in [2.05, 4.69) is 12.2 Å². The number of methoxy groups -OCH3 is 2. The first-order valence-electron chi connectivity index (χ1n) is 6.23. The number of hydrogen-bond donors (Lipinski definition) is 1. The van der Waals surface area contributed by atoms with Crippen LogP contribution in [0.2, 0.25) is 0 Å². The minimum absolute atomic E-state index is 0. The van der Waals surface area contributed by atoms with Crippen LogP contribution in [-0.4, -0.2) is 20.8 Å². The van der Waals surface area contributed by atoms with Gasteiger partial charge in [-0.1, -0.05) is 25.8 Å². The molecule has 104 valence electrons. The summed E-state index contributed by atoms with van der Waals surface area (Å²) >= 11 is 0. The number of hydrogen-bond acceptors (Lipinski definition) is 3. The molecule has 1 aromatic carbocycles. The molecule has 0 fully saturated rings. The lowest BCUT2D eigenvalue weighted by atomic mass is 10.2. The minimum Gasteiger partial charge on any atom is -0.497 e. The predicted octanol–water partition coefficient (Wildman–Crippen LogP) is 3.41. The fourth-order valence-corrected chi connectivity index (χ4v) is 1.72. The average molecular weight is 274 g/mol. The molecule has 0 unspecified atom stereocenters. The molecule has 3 nitrogen and oxygen atoms in total. The summed E-state index contributed by atoms with van der Waals surface area (Å²) in [6, 6.07) is 5.93. The van der Waals surface area contributed by atoms with Crippen molar-refractivity contribution in [3.8, 4) is 11.5 Å². The molecule has 0 radical (unpaired) electrons. The largest absolute Gasteiger partial charge is 0.497 e. The Kier molecular flexibility index (Phi) is 9.52. The van der Waals surface area contributed by atoms with Crippen molar-refractivity contribution < 1.29 is 9.47 Å². The van der Waals surface area contributed by atoms with Gasteiger partial charge < -0.3 is 14.8 Å². The predicted molar refractivity (Wildman–Crippen MR) is 78.0 cm³/mol. The first-order chi connectivity index (χ1) is 8.31. The first-order valence-corrected chi connectivity index (χ1v) is 6.23. The van der Waals surface area contributed by atoms with Crippen LogP contribution in [0.15, 0.2) is 18.2 Å². The van der Waals surface area contributed by atoms with E-state index in [0.717, 1.165) is 24.6 Å². The van der Waals surface area contributed by atoms with Crippen LogP contribution in [0, 0.1) is 0 Å². The molecule has 0 spiro atoms. The van der Waals surface area contributed by atoms with Gasteiger partial charge in [0.25, 0.3) is 0 Å². The molecule has 0 heterocycles. The lowest BCUT2D eigenvalue weighted by Crippen LogP contribution is -2.15. The Morgan fingerprint density at radius 2 is 1.89 bits per heavy atom. The summed E-state index contributed by atoms with van der Waals surface area (Å²) in [6.45, 7) is 4.12. The first kappa shape index (κ1) is 17.1. The third-order valence-electron chi connectivity index (χ3n) is 2.77. The SMILES string of the molecule is CCCCCNCc1ccc(OC)cc1OC.Cl. The number of ether oxygens (including phenoxy) is 2. The van der Waals surface area contributed by atoms with E-state index in [4.69, 9.17) is 9.47 Å². The number of unbranched alkanes of at least 4 members (excludes halogenated alkanes) is 2. The fraction of sp³-hybridized carbons (Fsp3) is 0.571. The summed E-state index contributed by atoms with van der Waals surface area (Å²) in [6.07, 6.45) is 3.77. The summed E-state index contributed by atoms with van der Waals surface area (Å²) in [5, 5.41) is 3.43. The summed E-state index contributed by atoms with van der Waals surface area (Å²) in [5.74, 6) is 1.71. The zero-order valence-corrected chi connectivity index (χ0v) is 12.3. The van der Waals surface area contributed by atoms with Gasteiger partial charge in [0, 0.05) is 18.2 Å². The van der Waals surface area contributed by atoms with Crippen molar-refractivity contribution in [2.45, 2.75) is 32.7 Å². The zero-order chi connectivity index (χ0) is 12.5. The normalized spacial score (nSPS) is 9.72. The zero-order valence-electron chi connectivity index (χ0n) is 11.5. The van der Waals surface area contributed by atoms with Crippen molar-refractivity contribution in [2.75, 3.05) is 20.8 Å². The van der Waals surface area contributed by atoms with Crippen LogP contribution in [0.1, 0.15) is 31.7 Å². The van der Waals surface area contributed by atoms with E-state index in [1.807, 2.05) is 18.2 Å². The van der Waals surface area contributed by atoms with Crippen molar-refractivity contribution >= 4 is 12.4 Å². The highest BCUT2D eigenvalue weighted by Gasteiger charge is 2.04. The quantitative estimate of drug-likeness (QED) is 0.737. The molecule has 0 aromatic heterocycles. The Morgan fingerprint density at radius 3 is 2.50 bits per heavy atom. The van der Waals surface area contributed by atoms with Gasteiger partial charge in [-0.05, 0) is 19.0 Å². The van der Waals surface area contributed by atoms with Crippen LogP contribution in [0.4, 0.5) is 0 Å². The van der Waals surface area contributed by atoms with Crippen LogP contribution in [0.25, 0.3) is 0 Å². The van der Waals surface area contributed by atoms with E-state index in [-0.39, 0.29) is 12.4 Å². The molecule has 0 saturated carbocycles. The summed E-state index contributed by atoms with van der Waals surface area (Å²) < 4.78 is 10.5. The number of benzene rings is 1. The minimum atomic E-state index is 0. The van der Waals surface area contributed by atoms with E-state index in [0.29, 0.717) is 0 Å². The number of nitrogens with one attached hydrogen (secondary N) is 1. The molecule has 0 aliphatic rings. The average Bonchev–Trinajstić information content (AvgIpc) is 2.38. The van der Waals surface area contributed by atoms with E-state index in [1.165, 1.54) is 24.8 Å². The smallest absolute Gasteiger partial charge is 0.127 e. The van der Waals surface area contributed by atoms with Gasteiger partial charge >= 0.3 is 0 Å². The molecule has 0 aliphatic carbocycles. The Morgan fingerprint density at radius 1 is 1.11 bits per heavy atom. The number of rotatable bonds is 8. The molecule has 1 N–H and O–H groups in total. The second-order valence-corrected chi connectivity index (χ2v) is 4.06. The molecular weight excluding hydrogens is 250 g/mol.